The van der Waals surface area contributed by atoms with Crippen LogP contribution in [0.15, 0.2) is 48.9 Å². The van der Waals surface area contributed by atoms with Crippen LogP contribution in [0.25, 0.3) is 0 Å². The van der Waals surface area contributed by atoms with Crippen molar-refractivity contribution >= 4 is 35.3 Å². The van der Waals surface area contributed by atoms with Crippen LogP contribution in [0.4, 0.5) is 8.78 Å². The van der Waals surface area contributed by atoms with Gasteiger partial charge in [-0.2, -0.15) is 0 Å². The number of carbonyl (C=O) groups is 6. The zero-order valence-corrected chi connectivity index (χ0v) is 30.6. The molecule has 1 aromatic carbocycles. The summed E-state index contributed by atoms with van der Waals surface area (Å²) in [5, 5.41) is 13.3. The third-order valence-electron chi connectivity index (χ3n) is 9.19. The molecule has 5 N–H and O–H groups in total. The Morgan fingerprint density at radius 2 is 1.54 bits per heavy atom. The lowest BCUT2D eigenvalue weighted by molar-refractivity contribution is -0.141. The fourth-order valence-electron chi connectivity index (χ4n) is 6.21. The zero-order chi connectivity index (χ0) is 38.6. The second-order valence-corrected chi connectivity index (χ2v) is 14.7. The lowest BCUT2D eigenvalue weighted by Crippen LogP contribution is -2.59. The fourth-order valence-corrected chi connectivity index (χ4v) is 6.21. The van der Waals surface area contributed by atoms with Crippen molar-refractivity contribution in [3.05, 3.63) is 60.2 Å². The molecule has 1 heterocycles. The van der Waals surface area contributed by atoms with Crippen LogP contribution >= 0.6 is 0 Å². The van der Waals surface area contributed by atoms with Crippen LogP contribution in [-0.4, -0.2) is 76.4 Å². The quantitative estimate of drug-likeness (QED) is 0.154. The van der Waals surface area contributed by atoms with Crippen LogP contribution in [0.5, 0.6) is 0 Å². The van der Waals surface area contributed by atoms with Gasteiger partial charge in [0.25, 0.3) is 11.8 Å². The number of nitrogens with one attached hydrogen (secondary N) is 5. The van der Waals surface area contributed by atoms with E-state index < -0.39 is 77.7 Å². The molecule has 0 spiro atoms. The molecule has 0 saturated heterocycles. The third kappa shape index (κ3) is 12.4. The van der Waals surface area contributed by atoms with Crippen molar-refractivity contribution in [1.29, 1.82) is 0 Å². The van der Waals surface area contributed by atoms with E-state index in [0.717, 1.165) is 12.0 Å². The molecule has 5 amide bonds. The Labute approximate surface area is 303 Å². The molecule has 0 aliphatic heterocycles. The molecular weight excluding hydrogens is 676 g/mol. The minimum Gasteiger partial charge on any atom is -0.354 e. The van der Waals surface area contributed by atoms with Gasteiger partial charge in [0.15, 0.2) is 0 Å². The van der Waals surface area contributed by atoms with Gasteiger partial charge in [0.1, 0.15) is 23.8 Å². The smallest absolute Gasteiger partial charge is 0.290 e. The number of nitrogens with zero attached hydrogens (tertiary/aromatic N) is 2. The van der Waals surface area contributed by atoms with Crippen molar-refractivity contribution in [3.63, 3.8) is 0 Å². The number of ketones is 1. The molecule has 6 atom stereocenters. The van der Waals surface area contributed by atoms with E-state index in [1.807, 2.05) is 0 Å². The highest BCUT2D eigenvalue weighted by atomic mass is 19.3. The number of amides is 5. The molecule has 2 aromatic rings. The van der Waals surface area contributed by atoms with Crippen LogP contribution in [-0.2, 0) is 24.0 Å². The Balaban J connectivity index is 1.59. The SMILES string of the molecule is CC(C)[C@@H](NC(=O)c1cnccn1)C(=O)N[C@H](C(=O)NC[C@@H]1CCC[C@@H]1CC(=O)NC(CC(F)F)C(=O)C(=O)N[C@@H](C)c1ccccc1)C(C)(C)C. The Morgan fingerprint density at radius 3 is 2.13 bits per heavy atom. The summed E-state index contributed by atoms with van der Waals surface area (Å²) in [5.41, 5.74) is 0.0419. The molecule has 1 aromatic heterocycles. The number of benzene rings is 1. The van der Waals surface area contributed by atoms with Crippen LogP contribution in [0.2, 0.25) is 0 Å². The van der Waals surface area contributed by atoms with Gasteiger partial charge in [-0.1, -0.05) is 71.4 Å². The first-order valence-corrected chi connectivity index (χ1v) is 17.6. The summed E-state index contributed by atoms with van der Waals surface area (Å²) in [6, 6.07) is 4.61. The summed E-state index contributed by atoms with van der Waals surface area (Å²) < 4.78 is 26.9. The van der Waals surface area contributed by atoms with Crippen LogP contribution in [0.3, 0.4) is 0 Å². The van der Waals surface area contributed by atoms with E-state index in [2.05, 4.69) is 36.6 Å². The molecule has 52 heavy (non-hydrogen) atoms. The normalized spacial score (nSPS) is 18.1. The summed E-state index contributed by atoms with van der Waals surface area (Å²) in [4.78, 5) is 86.2. The maximum atomic E-state index is 13.5. The number of carbonyl (C=O) groups excluding carboxylic acids is 6. The second kappa shape index (κ2) is 19.1. The molecule has 13 nitrogen and oxygen atoms in total. The Hall–Kier alpha value is -4.82. The van der Waals surface area contributed by atoms with Gasteiger partial charge in [0, 0.05) is 31.8 Å². The van der Waals surface area contributed by atoms with E-state index in [1.165, 1.54) is 18.6 Å². The highest BCUT2D eigenvalue weighted by molar-refractivity contribution is 6.38. The molecule has 284 valence electrons. The van der Waals surface area contributed by atoms with Crippen molar-refractivity contribution < 1.29 is 37.5 Å². The van der Waals surface area contributed by atoms with Gasteiger partial charge < -0.3 is 26.6 Å². The van der Waals surface area contributed by atoms with E-state index in [1.54, 1.807) is 71.9 Å². The summed E-state index contributed by atoms with van der Waals surface area (Å²) in [6.07, 6.45) is 2.12. The fraction of sp³-hybridized carbons (Fsp3) is 0.568. The summed E-state index contributed by atoms with van der Waals surface area (Å²) in [5.74, 6) is -5.14. The van der Waals surface area contributed by atoms with E-state index in [4.69, 9.17) is 0 Å². The van der Waals surface area contributed by atoms with Crippen LogP contribution < -0.4 is 26.6 Å². The number of hydrogen-bond acceptors (Lipinski definition) is 8. The monoisotopic (exact) mass is 727 g/mol. The Morgan fingerprint density at radius 1 is 0.865 bits per heavy atom. The molecular formula is C37H51F2N7O6. The van der Waals surface area contributed by atoms with Crippen molar-refractivity contribution in [1.82, 2.24) is 36.6 Å². The molecule has 0 radical (unpaired) electrons. The third-order valence-corrected chi connectivity index (χ3v) is 9.19. The molecule has 3 rings (SSSR count). The van der Waals surface area contributed by atoms with Gasteiger partial charge in [-0.15, -0.1) is 0 Å². The lowest BCUT2D eigenvalue weighted by atomic mass is 9.85. The molecule has 1 unspecified atom stereocenters. The Bertz CT molecular complexity index is 1540. The highest BCUT2D eigenvalue weighted by Gasteiger charge is 2.38. The summed E-state index contributed by atoms with van der Waals surface area (Å²) in [7, 11) is 0. The predicted octanol–water partition coefficient (Wildman–Crippen LogP) is 3.27. The van der Waals surface area contributed by atoms with Gasteiger partial charge in [0.2, 0.25) is 29.9 Å². The van der Waals surface area contributed by atoms with Crippen molar-refractivity contribution in [3.8, 4) is 0 Å². The molecule has 1 aliphatic carbocycles. The molecule has 1 aliphatic rings. The van der Waals surface area contributed by atoms with Gasteiger partial charge in [-0.05, 0) is 48.5 Å². The lowest BCUT2D eigenvalue weighted by Gasteiger charge is -2.33. The molecule has 0 bridgehead atoms. The first-order valence-electron chi connectivity index (χ1n) is 17.6. The first kappa shape index (κ1) is 41.6. The van der Waals surface area contributed by atoms with Crippen molar-refractivity contribution in [2.75, 3.05) is 6.54 Å². The number of rotatable bonds is 17. The van der Waals surface area contributed by atoms with Crippen molar-refractivity contribution in [2.24, 2.45) is 23.2 Å². The minimum absolute atomic E-state index is 0.0426. The molecule has 15 heteroatoms. The van der Waals surface area contributed by atoms with Gasteiger partial charge in [-0.3, -0.25) is 33.8 Å². The largest absolute Gasteiger partial charge is 0.354 e. The number of halogens is 2. The number of alkyl halides is 2. The summed E-state index contributed by atoms with van der Waals surface area (Å²) >= 11 is 0. The number of hydrogen-bond donors (Lipinski definition) is 5. The Kier molecular flexibility index (Phi) is 15.3. The highest BCUT2D eigenvalue weighted by Crippen LogP contribution is 2.34. The van der Waals surface area contributed by atoms with Crippen LogP contribution in [0, 0.1) is 23.2 Å². The molecule has 1 fully saturated rings. The second-order valence-electron chi connectivity index (χ2n) is 14.7. The van der Waals surface area contributed by atoms with E-state index in [-0.39, 0.29) is 36.4 Å². The standard InChI is InChI=1S/C37H51F2N7O6/c1-21(2)30(45-33(49)27-20-40-15-16-41-27)34(50)46-32(37(4,5)6)36(52)42-19-25-14-10-13-24(25)17-29(47)44-26(18-28(38)39)31(48)35(51)43-22(3)23-11-8-7-9-12-23/h7-9,11-12,15-16,20-22,24-26,28,30,32H,10,13-14,17-19H2,1-6H3,(H,42,52)(H,43,51)(H,44,47)(H,45,49)(H,46,50)/t22-,24+,25-,26?,30+,32+/m0/s1. The van der Waals surface area contributed by atoms with E-state index >= 15 is 0 Å². The maximum absolute atomic E-state index is 13.5. The molecule has 1 saturated carbocycles. The summed E-state index contributed by atoms with van der Waals surface area (Å²) in [6.45, 7) is 10.7. The maximum Gasteiger partial charge on any atom is 0.290 e. The van der Waals surface area contributed by atoms with Gasteiger partial charge in [-0.25, -0.2) is 13.8 Å². The average Bonchev–Trinajstić information content (AvgIpc) is 3.53. The van der Waals surface area contributed by atoms with Gasteiger partial charge in [0.05, 0.1) is 12.2 Å². The number of aromatic nitrogens is 2. The van der Waals surface area contributed by atoms with E-state index in [9.17, 15) is 37.5 Å². The minimum atomic E-state index is -2.94. The predicted molar refractivity (Wildman–Crippen MR) is 189 cm³/mol. The first-order chi connectivity index (χ1) is 24.5. The zero-order valence-electron chi connectivity index (χ0n) is 30.6. The van der Waals surface area contributed by atoms with Gasteiger partial charge >= 0.3 is 0 Å². The van der Waals surface area contributed by atoms with Crippen LogP contribution in [0.1, 0.15) is 95.7 Å². The average molecular weight is 728 g/mol. The van der Waals surface area contributed by atoms with E-state index in [0.29, 0.717) is 12.8 Å². The number of Topliss-reactive ketones (excluding diaryl/α,β-unsaturated/α-hetero) is 1. The van der Waals surface area contributed by atoms with Crippen molar-refractivity contribution in [2.45, 2.75) is 104 Å². The topological polar surface area (TPSA) is 188 Å².